The van der Waals surface area contributed by atoms with Gasteiger partial charge >= 0.3 is 5.97 Å². The molecule has 0 saturated heterocycles. The fraction of sp³-hybridized carbons (Fsp3) is 0.308. The van der Waals surface area contributed by atoms with Crippen molar-refractivity contribution in [2.75, 3.05) is 7.11 Å². The molecule has 0 radical (unpaired) electrons. The molecule has 1 unspecified atom stereocenters. The van der Waals surface area contributed by atoms with Crippen molar-refractivity contribution in [3.05, 3.63) is 48.0 Å². The van der Waals surface area contributed by atoms with Gasteiger partial charge in [-0.15, -0.1) is 0 Å². The topological polar surface area (TPSA) is 46.5 Å². The Morgan fingerprint density at radius 1 is 1.44 bits per heavy atom. The van der Waals surface area contributed by atoms with E-state index in [1.807, 2.05) is 30.3 Å². The summed E-state index contributed by atoms with van der Waals surface area (Å²) in [6, 6.07) is 9.34. The monoisotopic (exact) mass is 220 g/mol. The predicted octanol–water partition coefficient (Wildman–Crippen LogP) is 2.01. The Balaban J connectivity index is 2.66. The lowest BCUT2D eigenvalue weighted by atomic mass is 9.92. The maximum Gasteiger partial charge on any atom is 0.330 e. The lowest BCUT2D eigenvalue weighted by molar-refractivity contribution is -0.134. The molecule has 86 valence electrons. The van der Waals surface area contributed by atoms with Crippen LogP contribution in [0.3, 0.4) is 0 Å². The Kier molecular flexibility index (Phi) is 4.26. The van der Waals surface area contributed by atoms with Crippen LogP contribution in [0, 0.1) is 0 Å². The first-order valence-corrected chi connectivity index (χ1v) is 5.08. The molecule has 1 atom stereocenters. The highest BCUT2D eigenvalue weighted by Crippen LogP contribution is 2.24. The number of ether oxygens (including phenoxy) is 1. The summed E-state index contributed by atoms with van der Waals surface area (Å²) in [7, 11) is 1.32. The Labute approximate surface area is 95.4 Å². The third-order valence-electron chi connectivity index (χ3n) is 2.37. The second kappa shape index (κ2) is 5.47. The van der Waals surface area contributed by atoms with Crippen molar-refractivity contribution in [3.63, 3.8) is 0 Å². The summed E-state index contributed by atoms with van der Waals surface area (Å²) in [5.41, 5.74) is -0.143. The van der Waals surface area contributed by atoms with E-state index in [2.05, 4.69) is 4.74 Å². The maximum absolute atomic E-state index is 10.8. The number of carbonyl (C=O) groups is 1. The van der Waals surface area contributed by atoms with Gasteiger partial charge in [-0.25, -0.2) is 4.79 Å². The Bertz CT molecular complexity index is 366. The molecular formula is C13H16O3. The van der Waals surface area contributed by atoms with Crippen LogP contribution in [0.25, 0.3) is 0 Å². The van der Waals surface area contributed by atoms with Crippen molar-refractivity contribution in [1.29, 1.82) is 0 Å². The van der Waals surface area contributed by atoms with Crippen LogP contribution in [0.1, 0.15) is 18.9 Å². The number of aliphatic hydroxyl groups is 1. The molecule has 0 spiro atoms. The molecule has 0 amide bonds. The largest absolute Gasteiger partial charge is 0.466 e. The zero-order chi connectivity index (χ0) is 12.0. The minimum Gasteiger partial charge on any atom is -0.466 e. The maximum atomic E-state index is 10.8. The summed E-state index contributed by atoms with van der Waals surface area (Å²) in [5, 5.41) is 10.2. The van der Waals surface area contributed by atoms with Crippen molar-refractivity contribution >= 4 is 5.97 Å². The number of methoxy groups -OCH3 is 1. The average molecular weight is 220 g/mol. The van der Waals surface area contributed by atoms with E-state index in [9.17, 15) is 9.90 Å². The van der Waals surface area contributed by atoms with E-state index < -0.39 is 11.6 Å². The van der Waals surface area contributed by atoms with Crippen molar-refractivity contribution in [3.8, 4) is 0 Å². The van der Waals surface area contributed by atoms with Gasteiger partial charge in [0.2, 0.25) is 0 Å². The first-order chi connectivity index (χ1) is 7.56. The molecule has 0 saturated carbocycles. The van der Waals surface area contributed by atoms with Gasteiger partial charge in [0, 0.05) is 6.08 Å². The molecule has 0 fully saturated rings. The molecule has 3 heteroatoms. The molecule has 1 N–H and O–H groups in total. The second-order valence-corrected chi connectivity index (χ2v) is 3.77. The fourth-order valence-corrected chi connectivity index (χ4v) is 1.37. The van der Waals surface area contributed by atoms with Crippen molar-refractivity contribution < 1.29 is 14.6 Å². The third-order valence-corrected chi connectivity index (χ3v) is 2.37. The molecule has 0 aliphatic carbocycles. The summed E-state index contributed by atoms with van der Waals surface area (Å²) >= 11 is 0. The van der Waals surface area contributed by atoms with Gasteiger partial charge in [0.1, 0.15) is 0 Å². The van der Waals surface area contributed by atoms with Crippen LogP contribution in [0.5, 0.6) is 0 Å². The van der Waals surface area contributed by atoms with Crippen LogP contribution >= 0.6 is 0 Å². The van der Waals surface area contributed by atoms with E-state index in [0.717, 1.165) is 5.56 Å². The Morgan fingerprint density at radius 3 is 2.62 bits per heavy atom. The van der Waals surface area contributed by atoms with Gasteiger partial charge in [-0.1, -0.05) is 36.4 Å². The van der Waals surface area contributed by atoms with Gasteiger partial charge < -0.3 is 9.84 Å². The number of carbonyl (C=O) groups excluding carboxylic acids is 1. The fourth-order valence-electron chi connectivity index (χ4n) is 1.37. The summed E-state index contributed by atoms with van der Waals surface area (Å²) in [6.45, 7) is 1.71. The van der Waals surface area contributed by atoms with E-state index >= 15 is 0 Å². The second-order valence-electron chi connectivity index (χ2n) is 3.77. The van der Waals surface area contributed by atoms with Gasteiger partial charge in [0.25, 0.3) is 0 Å². The van der Waals surface area contributed by atoms with E-state index in [4.69, 9.17) is 0 Å². The summed E-state index contributed by atoms with van der Waals surface area (Å²) in [4.78, 5) is 10.8. The third kappa shape index (κ3) is 3.51. The number of hydrogen-bond acceptors (Lipinski definition) is 3. The normalized spacial score (nSPS) is 14.7. The minimum absolute atomic E-state index is 0.367. The molecule has 1 rings (SSSR count). The van der Waals surface area contributed by atoms with Crippen LogP contribution in [-0.2, 0) is 15.1 Å². The average Bonchev–Trinajstić information content (AvgIpc) is 2.30. The molecule has 0 bridgehead atoms. The lowest BCUT2D eigenvalue weighted by Gasteiger charge is -2.21. The van der Waals surface area contributed by atoms with Crippen LogP contribution < -0.4 is 0 Å². The Hall–Kier alpha value is -1.61. The summed E-state index contributed by atoms with van der Waals surface area (Å²) in [6.07, 6.45) is 3.29. The number of benzene rings is 1. The van der Waals surface area contributed by atoms with Crippen LogP contribution in [0.4, 0.5) is 0 Å². The SMILES string of the molecule is COC(=O)/C=C/CC(C)(O)c1ccccc1. The van der Waals surface area contributed by atoms with E-state index in [1.165, 1.54) is 13.2 Å². The number of rotatable bonds is 4. The van der Waals surface area contributed by atoms with Crippen molar-refractivity contribution in [2.24, 2.45) is 0 Å². The van der Waals surface area contributed by atoms with Gasteiger partial charge in [0.15, 0.2) is 0 Å². The van der Waals surface area contributed by atoms with Crippen LogP contribution in [0.2, 0.25) is 0 Å². The van der Waals surface area contributed by atoms with Gasteiger partial charge in [-0.2, -0.15) is 0 Å². The van der Waals surface area contributed by atoms with E-state index in [0.29, 0.717) is 6.42 Å². The molecular weight excluding hydrogens is 204 g/mol. The molecule has 0 heterocycles. The molecule has 1 aromatic rings. The predicted molar refractivity (Wildman–Crippen MR) is 61.8 cm³/mol. The van der Waals surface area contributed by atoms with E-state index in [1.54, 1.807) is 13.0 Å². The molecule has 16 heavy (non-hydrogen) atoms. The highest BCUT2D eigenvalue weighted by molar-refractivity contribution is 5.81. The molecule has 3 nitrogen and oxygen atoms in total. The van der Waals surface area contributed by atoms with Gasteiger partial charge in [-0.05, 0) is 18.9 Å². The summed E-state index contributed by atoms with van der Waals surface area (Å²) in [5.74, 6) is -0.413. The standard InChI is InChI=1S/C13H16O3/c1-13(15,10-6-9-12(14)16-2)11-7-4-3-5-8-11/h3-9,15H,10H2,1-2H3/b9-6+. The van der Waals surface area contributed by atoms with E-state index in [-0.39, 0.29) is 0 Å². The number of esters is 1. The zero-order valence-electron chi connectivity index (χ0n) is 9.51. The summed E-state index contributed by atoms with van der Waals surface area (Å²) < 4.78 is 4.46. The molecule has 0 aliphatic rings. The quantitative estimate of drug-likeness (QED) is 0.623. The highest BCUT2D eigenvalue weighted by atomic mass is 16.5. The first-order valence-electron chi connectivity index (χ1n) is 5.08. The van der Waals surface area contributed by atoms with Crippen molar-refractivity contribution in [1.82, 2.24) is 0 Å². The van der Waals surface area contributed by atoms with Gasteiger partial charge in [-0.3, -0.25) is 0 Å². The van der Waals surface area contributed by atoms with Crippen LogP contribution in [-0.4, -0.2) is 18.2 Å². The minimum atomic E-state index is -0.966. The van der Waals surface area contributed by atoms with Crippen LogP contribution in [0.15, 0.2) is 42.5 Å². The van der Waals surface area contributed by atoms with Crippen molar-refractivity contribution in [2.45, 2.75) is 18.9 Å². The lowest BCUT2D eigenvalue weighted by Crippen LogP contribution is -2.19. The molecule has 0 aliphatic heterocycles. The highest BCUT2D eigenvalue weighted by Gasteiger charge is 2.20. The first kappa shape index (κ1) is 12.5. The Morgan fingerprint density at radius 2 is 2.06 bits per heavy atom. The smallest absolute Gasteiger partial charge is 0.330 e. The molecule has 0 aromatic heterocycles. The van der Waals surface area contributed by atoms with Gasteiger partial charge in [0.05, 0.1) is 12.7 Å². The number of hydrogen-bond donors (Lipinski definition) is 1. The molecule has 1 aromatic carbocycles. The zero-order valence-corrected chi connectivity index (χ0v) is 9.51.